The summed E-state index contributed by atoms with van der Waals surface area (Å²) in [5.41, 5.74) is 0. The molecule has 0 bridgehead atoms. The number of likely N-dealkylation sites (N-methyl/N-ethyl adjacent to an activating group) is 3. The highest BCUT2D eigenvalue weighted by atomic mass is 127. The molecule has 0 aliphatic carbocycles. The number of halogens is 3. The maximum Gasteiger partial charge on any atom is 0.362 e. The van der Waals surface area contributed by atoms with Crippen LogP contribution in [0.1, 0.15) is 252 Å². The Balaban J connectivity index is -0.0000132. The molecule has 0 aromatic heterocycles. The molecule has 18 nitrogen and oxygen atoms in total. The smallest absolute Gasteiger partial charge is 0.362 e. The molecule has 6 unspecified atom stereocenters. The molecule has 0 saturated carbocycles. The summed E-state index contributed by atoms with van der Waals surface area (Å²) in [6.07, 6.45) is 35.8. The van der Waals surface area contributed by atoms with Crippen molar-refractivity contribution in [2.75, 3.05) is 96.3 Å². The van der Waals surface area contributed by atoms with Gasteiger partial charge in [-0.2, -0.15) is 0 Å². The minimum atomic E-state index is -0.926. The molecular weight excluding hydrogens is 1530 g/mol. The Morgan fingerprint density at radius 2 is 0.581 bits per heavy atom. The molecule has 0 radical (unpaired) electrons. The molecule has 21 heteroatoms. The molecule has 0 saturated heterocycles. The lowest BCUT2D eigenvalue weighted by Crippen LogP contribution is -3.00. The molecule has 6 atom stereocenters. The van der Waals surface area contributed by atoms with Crippen LogP contribution < -0.4 is 71.9 Å². The van der Waals surface area contributed by atoms with Gasteiger partial charge in [-0.25, -0.2) is 14.4 Å². The lowest BCUT2D eigenvalue weighted by atomic mass is 10.0. The van der Waals surface area contributed by atoms with Crippen LogP contribution in [-0.2, 0) is 57.2 Å². The maximum absolute atomic E-state index is 13.1. The number of carbonyl (C=O) groups is 6. The monoisotopic (exact) mass is 1660 g/mol. The summed E-state index contributed by atoms with van der Waals surface area (Å²) in [5, 5.41) is 32.7. The highest BCUT2D eigenvalue weighted by Gasteiger charge is 2.28. The first-order valence-electron chi connectivity index (χ1n) is 35.2. The first-order chi connectivity index (χ1) is 42.7. The van der Waals surface area contributed by atoms with Gasteiger partial charge in [-0.3, -0.25) is 14.4 Å². The number of nitrogens with zero attached hydrogens (tertiary/aromatic N) is 3. The largest absolute Gasteiger partial charge is 1.00 e. The quantitative estimate of drug-likeness (QED) is 0.0198. The number of unbranched alkanes of at least 4 members (excludes halogenated alkanes) is 21. The second kappa shape index (κ2) is 61.1. The molecule has 0 aliphatic rings. The first kappa shape index (κ1) is 97.4. The Labute approximate surface area is 616 Å². The van der Waals surface area contributed by atoms with E-state index < -0.39 is 60.6 Å². The van der Waals surface area contributed by atoms with Crippen molar-refractivity contribution in [3.05, 3.63) is 36.5 Å². The van der Waals surface area contributed by atoms with Crippen LogP contribution in [0.25, 0.3) is 0 Å². The third-order valence-electron chi connectivity index (χ3n) is 15.3. The summed E-state index contributed by atoms with van der Waals surface area (Å²) < 4.78 is 35.5. The van der Waals surface area contributed by atoms with Gasteiger partial charge in [0.25, 0.3) is 0 Å². The van der Waals surface area contributed by atoms with E-state index >= 15 is 0 Å². The SMILES string of the molecule is CCCCCC(OC(=O)C[N+](C)(C)C)C(O)C/C=C/CCCCCCCC(=O)OCC(COC(=O)CCCCCCC/C=C/CC(O)C(CCCCC)OC(=O)C[N+](C)(C)C)OC(=O)CCCCCCC/C=C/CC(O)C(CCCCC)OC(=O)C[N+](C)(C)C.[I-].[I-].[I-]. The number of aliphatic hydroxyl groups is 3. The molecule has 0 aromatic rings. The van der Waals surface area contributed by atoms with Gasteiger partial charge in [-0.1, -0.05) is 154 Å². The van der Waals surface area contributed by atoms with E-state index in [1.807, 2.05) is 81.7 Å². The van der Waals surface area contributed by atoms with E-state index in [1.54, 1.807) is 0 Å². The second-order valence-electron chi connectivity index (χ2n) is 28.1. The molecule has 0 aliphatic heterocycles. The lowest BCUT2D eigenvalue weighted by molar-refractivity contribution is -0.862. The normalized spacial score (nSPS) is 14.2. The number of rotatable bonds is 59. The molecule has 0 aromatic carbocycles. The van der Waals surface area contributed by atoms with Crippen LogP contribution in [0.4, 0.5) is 0 Å². The molecule has 548 valence electrons. The predicted octanol–water partition coefficient (Wildman–Crippen LogP) is 3.71. The van der Waals surface area contributed by atoms with Crippen molar-refractivity contribution in [2.24, 2.45) is 0 Å². The highest BCUT2D eigenvalue weighted by Crippen LogP contribution is 2.20. The molecule has 3 N–H and O–H groups in total. The van der Waals surface area contributed by atoms with E-state index in [0.29, 0.717) is 71.2 Å². The minimum Gasteiger partial charge on any atom is -1.00 e. The molecule has 0 fully saturated rings. The number of hydrogen-bond acceptors (Lipinski definition) is 15. The van der Waals surface area contributed by atoms with Crippen LogP contribution in [0.15, 0.2) is 36.5 Å². The molecule has 0 amide bonds. The number of ether oxygens (including phenoxy) is 6. The van der Waals surface area contributed by atoms with Crippen molar-refractivity contribution < 1.29 is 158 Å². The number of hydrogen-bond donors (Lipinski definition) is 3. The van der Waals surface area contributed by atoms with Crippen molar-refractivity contribution in [3.63, 3.8) is 0 Å². The Hall–Kier alpha value is -2.01. The Kier molecular flexibility index (Phi) is 64.0. The topological polar surface area (TPSA) is 218 Å². The second-order valence-corrected chi connectivity index (χ2v) is 28.1. The summed E-state index contributed by atoms with van der Waals surface area (Å²) in [5.74, 6) is -2.13. The number of esters is 6. The lowest BCUT2D eigenvalue weighted by Gasteiger charge is -2.26. The fourth-order valence-corrected chi connectivity index (χ4v) is 10.1. The van der Waals surface area contributed by atoms with Gasteiger partial charge < -0.3 is 129 Å². The summed E-state index contributed by atoms with van der Waals surface area (Å²) in [7, 11) is 17.4. The summed E-state index contributed by atoms with van der Waals surface area (Å²) in [6, 6.07) is 0. The van der Waals surface area contributed by atoms with Crippen LogP contribution >= 0.6 is 0 Å². The molecule has 93 heavy (non-hydrogen) atoms. The standard InChI is InChI=1S/C72H134N3O15.3HI/c1-13-16-37-49-64(88-70(82)55-73(4,5)6)61(76)46-40-31-25-19-22-28-34-43-52-67(79)85-58-60(87-69(81)54-45-36-30-24-21-27-33-42-48-63(78)66(51-39-18-15-3)90-72(84)57-75(10,11)12)59-86-68(80)53-44-35-29-23-20-26-32-41-47-62(77)65(50-38-17-14-2)89-71(83)56-74(7,8)9;;;/h31-33,40-42,60-66,76-78H,13-30,34-39,43-59H2,1-12H3;3*1H/q+3;;;/p-3/b40-31+,41-32+,42-33+;;;. The van der Waals surface area contributed by atoms with E-state index in [9.17, 15) is 44.1 Å². The Morgan fingerprint density at radius 1 is 0.323 bits per heavy atom. The van der Waals surface area contributed by atoms with Crippen LogP contribution in [-0.4, -0.2) is 204 Å². The van der Waals surface area contributed by atoms with Crippen LogP contribution in [0.2, 0.25) is 0 Å². The van der Waals surface area contributed by atoms with Gasteiger partial charge in [0.05, 0.1) is 81.7 Å². The van der Waals surface area contributed by atoms with Crippen molar-refractivity contribution >= 4 is 35.8 Å². The van der Waals surface area contributed by atoms with Crippen molar-refractivity contribution in [3.8, 4) is 0 Å². The average Bonchev–Trinajstić information content (AvgIpc) is 2.88. The van der Waals surface area contributed by atoms with E-state index in [2.05, 4.69) is 39.0 Å². The van der Waals surface area contributed by atoms with E-state index in [4.69, 9.17) is 28.4 Å². The van der Waals surface area contributed by atoms with Gasteiger partial charge in [0, 0.05) is 19.3 Å². The summed E-state index contributed by atoms with van der Waals surface area (Å²) >= 11 is 0. The number of aliphatic hydroxyl groups excluding tert-OH is 3. The van der Waals surface area contributed by atoms with Gasteiger partial charge >= 0.3 is 35.8 Å². The van der Waals surface area contributed by atoms with Crippen molar-refractivity contribution in [1.82, 2.24) is 0 Å². The van der Waals surface area contributed by atoms with Gasteiger partial charge in [0.15, 0.2) is 25.7 Å². The predicted molar refractivity (Wildman–Crippen MR) is 359 cm³/mol. The third-order valence-corrected chi connectivity index (χ3v) is 15.3. The fourth-order valence-electron chi connectivity index (χ4n) is 10.1. The van der Waals surface area contributed by atoms with Gasteiger partial charge in [-0.05, 0) is 116 Å². The molecule has 0 spiro atoms. The summed E-state index contributed by atoms with van der Waals surface area (Å²) in [6.45, 7) is 6.67. The Bertz CT molecular complexity index is 1880. The molecule has 0 heterocycles. The number of carbonyl (C=O) groups excluding carboxylic acids is 6. The minimum absolute atomic E-state index is 0. The first-order valence-corrected chi connectivity index (χ1v) is 35.2. The number of quaternary nitrogens is 3. The van der Waals surface area contributed by atoms with Gasteiger partial charge in [0.2, 0.25) is 0 Å². The van der Waals surface area contributed by atoms with E-state index in [0.717, 1.165) is 154 Å². The van der Waals surface area contributed by atoms with Gasteiger partial charge in [-0.15, -0.1) is 0 Å². The van der Waals surface area contributed by atoms with E-state index in [-0.39, 0.29) is 142 Å². The summed E-state index contributed by atoms with van der Waals surface area (Å²) in [4.78, 5) is 76.4. The van der Waals surface area contributed by atoms with Crippen LogP contribution in [0.5, 0.6) is 0 Å². The zero-order valence-electron chi connectivity index (χ0n) is 60.2. The van der Waals surface area contributed by atoms with Crippen molar-refractivity contribution in [2.45, 2.75) is 295 Å². The zero-order chi connectivity index (χ0) is 67.5. The molecular formula is C72H134I3N3O15. The van der Waals surface area contributed by atoms with Crippen LogP contribution in [0, 0.1) is 0 Å². The molecule has 0 rings (SSSR count). The zero-order valence-corrected chi connectivity index (χ0v) is 66.7. The maximum atomic E-state index is 13.1. The highest BCUT2D eigenvalue weighted by molar-refractivity contribution is 5.72. The fraction of sp³-hybridized carbons (Fsp3) is 0.833. The van der Waals surface area contributed by atoms with Gasteiger partial charge in [0.1, 0.15) is 31.5 Å². The Morgan fingerprint density at radius 3 is 0.849 bits per heavy atom. The van der Waals surface area contributed by atoms with E-state index in [1.165, 1.54) is 0 Å². The van der Waals surface area contributed by atoms with Crippen LogP contribution in [0.3, 0.4) is 0 Å². The average molecular weight is 1660 g/mol. The van der Waals surface area contributed by atoms with Crippen molar-refractivity contribution in [1.29, 1.82) is 0 Å². The number of allylic oxidation sites excluding steroid dienone is 3. The third kappa shape index (κ3) is 63.2.